The van der Waals surface area contributed by atoms with Gasteiger partial charge in [0, 0.05) is 6.54 Å². The van der Waals surface area contributed by atoms with Crippen molar-refractivity contribution in [3.05, 3.63) is 23.7 Å². The van der Waals surface area contributed by atoms with E-state index in [0.29, 0.717) is 13.1 Å². The summed E-state index contributed by atoms with van der Waals surface area (Å²) in [6.07, 6.45) is 0. The third-order valence-electron chi connectivity index (χ3n) is 1.98. The number of thioether (sulfide) groups is 1. The number of nitrogens with two attached hydrogens (primary N) is 1. The van der Waals surface area contributed by atoms with E-state index in [1.807, 2.05) is 19.1 Å². The molecule has 0 aliphatic rings. The van der Waals surface area contributed by atoms with Crippen molar-refractivity contribution in [2.24, 2.45) is 5.73 Å². The first-order chi connectivity index (χ1) is 7.79. The zero-order valence-electron chi connectivity index (χ0n) is 8.96. The molecule has 0 saturated carbocycles. The van der Waals surface area contributed by atoms with E-state index in [9.17, 15) is 0 Å². The van der Waals surface area contributed by atoms with Gasteiger partial charge in [0.2, 0.25) is 5.16 Å². The fraction of sp³-hybridized carbons (Fsp3) is 0.444. The first-order valence-corrected chi connectivity index (χ1v) is 5.92. The van der Waals surface area contributed by atoms with Gasteiger partial charge in [0.15, 0.2) is 0 Å². The molecule has 7 heteroatoms. The lowest BCUT2D eigenvalue weighted by Gasteiger charge is -2.00. The van der Waals surface area contributed by atoms with Gasteiger partial charge in [0.1, 0.15) is 11.5 Å². The minimum Gasteiger partial charge on any atom is -0.465 e. The Morgan fingerprint density at radius 2 is 2.38 bits per heavy atom. The normalized spacial score (nSPS) is 10.9. The van der Waals surface area contributed by atoms with E-state index < -0.39 is 0 Å². The van der Waals surface area contributed by atoms with Crippen molar-refractivity contribution in [3.8, 4) is 0 Å². The van der Waals surface area contributed by atoms with E-state index in [4.69, 9.17) is 10.2 Å². The quantitative estimate of drug-likeness (QED) is 0.778. The summed E-state index contributed by atoms with van der Waals surface area (Å²) in [5.41, 5.74) is 5.46. The molecule has 0 fully saturated rings. The lowest BCUT2D eigenvalue weighted by atomic mass is 10.5. The molecule has 2 aromatic rings. The Balaban J connectivity index is 1.96. The van der Waals surface area contributed by atoms with Gasteiger partial charge in [-0.25, -0.2) is 4.68 Å². The Bertz CT molecular complexity index is 452. The van der Waals surface area contributed by atoms with Crippen LogP contribution < -0.4 is 5.73 Å². The average molecular weight is 239 g/mol. The first-order valence-electron chi connectivity index (χ1n) is 4.94. The fourth-order valence-corrected chi connectivity index (χ4v) is 2.06. The van der Waals surface area contributed by atoms with Gasteiger partial charge < -0.3 is 10.2 Å². The van der Waals surface area contributed by atoms with Crippen LogP contribution in [0, 0.1) is 6.92 Å². The zero-order valence-corrected chi connectivity index (χ0v) is 9.78. The minimum atomic E-state index is 0.526. The van der Waals surface area contributed by atoms with Crippen LogP contribution in [-0.4, -0.2) is 26.8 Å². The number of hydrogen-bond acceptors (Lipinski definition) is 6. The molecule has 2 N–H and O–H groups in total. The highest BCUT2D eigenvalue weighted by molar-refractivity contribution is 7.98. The van der Waals surface area contributed by atoms with Crippen LogP contribution in [0.5, 0.6) is 0 Å². The SMILES string of the molecule is Cc1ccc(CSc2nnnn2CCN)o1. The Morgan fingerprint density at radius 1 is 1.50 bits per heavy atom. The van der Waals surface area contributed by atoms with Crippen molar-refractivity contribution in [1.29, 1.82) is 0 Å². The summed E-state index contributed by atoms with van der Waals surface area (Å²) in [6, 6.07) is 3.90. The predicted octanol–water partition coefficient (Wildman–Crippen LogP) is 0.826. The number of nitrogens with zero attached hydrogens (tertiary/aromatic N) is 4. The molecule has 0 unspecified atom stereocenters. The lowest BCUT2D eigenvalue weighted by molar-refractivity contribution is 0.500. The Kier molecular flexibility index (Phi) is 3.58. The molecule has 0 spiro atoms. The van der Waals surface area contributed by atoms with E-state index >= 15 is 0 Å². The van der Waals surface area contributed by atoms with E-state index in [-0.39, 0.29) is 0 Å². The van der Waals surface area contributed by atoms with Gasteiger partial charge in [-0.2, -0.15) is 0 Å². The van der Waals surface area contributed by atoms with Crippen LogP contribution in [0.25, 0.3) is 0 Å². The second-order valence-corrected chi connectivity index (χ2v) is 4.22. The maximum atomic E-state index is 5.46. The van der Waals surface area contributed by atoms with Crippen LogP contribution in [-0.2, 0) is 12.3 Å². The zero-order chi connectivity index (χ0) is 11.4. The van der Waals surface area contributed by atoms with Crippen molar-refractivity contribution >= 4 is 11.8 Å². The number of aromatic nitrogens is 4. The molecule has 16 heavy (non-hydrogen) atoms. The monoisotopic (exact) mass is 239 g/mol. The molecule has 0 aliphatic carbocycles. The highest BCUT2D eigenvalue weighted by atomic mass is 32.2. The molecule has 6 nitrogen and oxygen atoms in total. The third-order valence-corrected chi connectivity index (χ3v) is 2.96. The molecule has 0 amide bonds. The molecule has 0 radical (unpaired) electrons. The molecule has 2 rings (SSSR count). The second-order valence-electron chi connectivity index (χ2n) is 3.27. The number of aryl methyl sites for hydroxylation is 1. The lowest BCUT2D eigenvalue weighted by Crippen LogP contribution is -2.12. The number of rotatable bonds is 5. The summed E-state index contributed by atoms with van der Waals surface area (Å²) < 4.78 is 7.15. The standard InChI is InChI=1S/C9H13N5OS/c1-7-2-3-8(15-7)6-16-9-11-12-13-14(9)5-4-10/h2-3H,4-6,10H2,1H3. The summed E-state index contributed by atoms with van der Waals surface area (Å²) >= 11 is 1.54. The smallest absolute Gasteiger partial charge is 0.209 e. The van der Waals surface area contributed by atoms with Gasteiger partial charge in [-0.05, 0) is 29.5 Å². The molecule has 0 saturated heterocycles. The topological polar surface area (TPSA) is 82.8 Å². The van der Waals surface area contributed by atoms with E-state index in [1.54, 1.807) is 4.68 Å². The molecule has 2 aromatic heterocycles. The van der Waals surface area contributed by atoms with E-state index in [0.717, 1.165) is 22.4 Å². The van der Waals surface area contributed by atoms with Gasteiger partial charge in [-0.3, -0.25) is 0 Å². The Hall–Kier alpha value is -1.34. The van der Waals surface area contributed by atoms with Crippen molar-refractivity contribution < 1.29 is 4.42 Å². The van der Waals surface area contributed by atoms with Gasteiger partial charge in [0.05, 0.1) is 12.3 Å². The maximum absolute atomic E-state index is 5.46. The van der Waals surface area contributed by atoms with Crippen LogP contribution in [0.1, 0.15) is 11.5 Å². The number of hydrogen-bond donors (Lipinski definition) is 1. The van der Waals surface area contributed by atoms with Crippen molar-refractivity contribution in [1.82, 2.24) is 20.2 Å². The van der Waals surface area contributed by atoms with Crippen LogP contribution in [0.3, 0.4) is 0 Å². The maximum Gasteiger partial charge on any atom is 0.209 e. The summed E-state index contributed by atoms with van der Waals surface area (Å²) in [7, 11) is 0. The van der Waals surface area contributed by atoms with Crippen molar-refractivity contribution in [3.63, 3.8) is 0 Å². The molecule has 0 bridgehead atoms. The van der Waals surface area contributed by atoms with E-state index in [2.05, 4.69) is 15.5 Å². The highest BCUT2D eigenvalue weighted by Gasteiger charge is 2.07. The Morgan fingerprint density at radius 3 is 3.06 bits per heavy atom. The number of furan rings is 1. The highest BCUT2D eigenvalue weighted by Crippen LogP contribution is 2.20. The summed E-state index contributed by atoms with van der Waals surface area (Å²) in [5.74, 6) is 2.56. The molecule has 0 aromatic carbocycles. The average Bonchev–Trinajstić information content (AvgIpc) is 2.85. The van der Waals surface area contributed by atoms with Crippen LogP contribution in [0.15, 0.2) is 21.7 Å². The first kappa shape index (κ1) is 11.2. The summed E-state index contributed by atoms with van der Waals surface area (Å²) in [6.45, 7) is 3.08. The van der Waals surface area contributed by atoms with Gasteiger partial charge in [-0.1, -0.05) is 11.8 Å². The molecule has 86 valence electrons. The fourth-order valence-electron chi connectivity index (χ4n) is 1.26. The Labute approximate surface area is 97.2 Å². The number of tetrazole rings is 1. The second kappa shape index (κ2) is 5.13. The van der Waals surface area contributed by atoms with Crippen molar-refractivity contribution in [2.45, 2.75) is 24.4 Å². The van der Waals surface area contributed by atoms with E-state index in [1.165, 1.54) is 11.8 Å². The minimum absolute atomic E-state index is 0.526. The summed E-state index contributed by atoms with van der Waals surface area (Å²) in [5, 5.41) is 12.1. The predicted molar refractivity (Wildman–Crippen MR) is 59.9 cm³/mol. The van der Waals surface area contributed by atoms with Gasteiger partial charge in [-0.15, -0.1) is 5.10 Å². The largest absolute Gasteiger partial charge is 0.465 e. The van der Waals surface area contributed by atoms with Crippen LogP contribution in [0.4, 0.5) is 0 Å². The third kappa shape index (κ3) is 2.61. The molecule has 2 heterocycles. The van der Waals surface area contributed by atoms with Gasteiger partial charge >= 0.3 is 0 Å². The van der Waals surface area contributed by atoms with Crippen LogP contribution >= 0.6 is 11.8 Å². The molecule has 0 atom stereocenters. The molecular formula is C9H13N5OS. The summed E-state index contributed by atoms with van der Waals surface area (Å²) in [4.78, 5) is 0. The van der Waals surface area contributed by atoms with Gasteiger partial charge in [0.25, 0.3) is 0 Å². The molecule has 0 aliphatic heterocycles. The van der Waals surface area contributed by atoms with Crippen LogP contribution in [0.2, 0.25) is 0 Å². The molecular weight excluding hydrogens is 226 g/mol. The van der Waals surface area contributed by atoms with Crippen molar-refractivity contribution in [2.75, 3.05) is 6.54 Å².